The van der Waals surface area contributed by atoms with Crippen LogP contribution in [0, 0.1) is 0 Å². The first kappa shape index (κ1) is 18.7. The van der Waals surface area contributed by atoms with Crippen molar-refractivity contribution < 1.29 is 9.59 Å². The van der Waals surface area contributed by atoms with E-state index < -0.39 is 0 Å². The van der Waals surface area contributed by atoms with Crippen molar-refractivity contribution in [1.29, 1.82) is 0 Å². The quantitative estimate of drug-likeness (QED) is 0.676. The first-order valence-electron chi connectivity index (χ1n) is 9.54. The van der Waals surface area contributed by atoms with Gasteiger partial charge in [-0.05, 0) is 30.2 Å². The lowest BCUT2D eigenvalue weighted by Crippen LogP contribution is -2.34. The number of carbonyl (C=O) groups is 2. The van der Waals surface area contributed by atoms with Crippen molar-refractivity contribution in [3.8, 4) is 5.82 Å². The highest BCUT2D eigenvalue weighted by Gasteiger charge is 2.21. The molecule has 148 valence electrons. The molecule has 2 N–H and O–H groups in total. The summed E-state index contributed by atoms with van der Waals surface area (Å²) in [5.74, 6) is 0.901. The lowest BCUT2D eigenvalue weighted by molar-refractivity contribution is -0.117. The first-order valence-corrected chi connectivity index (χ1v) is 9.54. The third kappa shape index (κ3) is 4.43. The predicted molar refractivity (Wildman–Crippen MR) is 108 cm³/mol. The van der Waals surface area contributed by atoms with E-state index in [9.17, 15) is 9.59 Å². The standard InChI is InChI=1S/C21H22N6O2/c28-19-4-2-11-27(19)18-7-5-16(6-8-18)13-24-21(29)25-14-17-3-1-9-23-20(17)26-12-10-22-15-26/h1,3,5-10,12,15H,2,4,11,13-14H2,(H2,24,25,29). The van der Waals surface area contributed by atoms with Crippen LogP contribution >= 0.6 is 0 Å². The summed E-state index contributed by atoms with van der Waals surface area (Å²) in [7, 11) is 0. The summed E-state index contributed by atoms with van der Waals surface area (Å²) in [5.41, 5.74) is 2.76. The van der Waals surface area contributed by atoms with Gasteiger partial charge < -0.3 is 15.5 Å². The Bertz CT molecular complexity index is 985. The van der Waals surface area contributed by atoms with Gasteiger partial charge in [0.2, 0.25) is 5.91 Å². The normalized spacial score (nSPS) is 13.5. The number of aromatic nitrogens is 3. The minimum atomic E-state index is -0.260. The van der Waals surface area contributed by atoms with Crippen LogP contribution in [0.5, 0.6) is 0 Å². The fraction of sp³-hybridized carbons (Fsp3) is 0.238. The molecule has 29 heavy (non-hydrogen) atoms. The average molecular weight is 390 g/mol. The van der Waals surface area contributed by atoms with Gasteiger partial charge in [-0.15, -0.1) is 0 Å². The van der Waals surface area contributed by atoms with E-state index in [1.807, 2.05) is 47.2 Å². The summed E-state index contributed by atoms with van der Waals surface area (Å²) < 4.78 is 1.81. The van der Waals surface area contributed by atoms with Gasteiger partial charge in [-0.25, -0.2) is 14.8 Å². The third-order valence-corrected chi connectivity index (χ3v) is 4.83. The molecule has 1 aliphatic rings. The number of hydrogen-bond donors (Lipinski definition) is 2. The second kappa shape index (κ2) is 8.55. The Morgan fingerprint density at radius 2 is 1.90 bits per heavy atom. The molecule has 3 aromatic rings. The van der Waals surface area contributed by atoms with E-state index in [0.717, 1.165) is 35.6 Å². The highest BCUT2D eigenvalue weighted by molar-refractivity contribution is 5.95. The zero-order valence-corrected chi connectivity index (χ0v) is 15.9. The second-order valence-corrected chi connectivity index (χ2v) is 6.81. The summed E-state index contributed by atoms with van der Waals surface area (Å²) in [6.45, 7) is 1.53. The molecule has 0 bridgehead atoms. The molecule has 8 heteroatoms. The topological polar surface area (TPSA) is 92.2 Å². The molecule has 3 amide bonds. The number of hydrogen-bond acceptors (Lipinski definition) is 4. The summed E-state index contributed by atoms with van der Waals surface area (Å²) in [6.07, 6.45) is 8.39. The molecule has 8 nitrogen and oxygen atoms in total. The maximum atomic E-state index is 12.2. The number of imidazole rings is 1. The lowest BCUT2D eigenvalue weighted by atomic mass is 10.2. The molecule has 0 radical (unpaired) electrons. The third-order valence-electron chi connectivity index (χ3n) is 4.83. The van der Waals surface area contributed by atoms with E-state index in [2.05, 4.69) is 20.6 Å². The number of anilines is 1. The average Bonchev–Trinajstić information content (AvgIpc) is 3.43. The number of nitrogens with one attached hydrogen (secondary N) is 2. The second-order valence-electron chi connectivity index (χ2n) is 6.81. The molecule has 0 unspecified atom stereocenters. The summed E-state index contributed by atoms with van der Waals surface area (Å²) in [5, 5.41) is 5.71. The molecular weight excluding hydrogens is 368 g/mol. The van der Waals surface area contributed by atoms with E-state index >= 15 is 0 Å². The van der Waals surface area contributed by atoms with E-state index in [1.54, 1.807) is 23.6 Å². The Kier molecular flexibility index (Phi) is 5.51. The number of carbonyl (C=O) groups excluding carboxylic acids is 2. The van der Waals surface area contributed by atoms with Crippen molar-refractivity contribution in [3.63, 3.8) is 0 Å². The van der Waals surface area contributed by atoms with Crippen LogP contribution in [0.3, 0.4) is 0 Å². The number of amides is 3. The molecule has 0 spiro atoms. The number of pyridine rings is 1. The van der Waals surface area contributed by atoms with Crippen LogP contribution in [0.1, 0.15) is 24.0 Å². The molecule has 1 aromatic carbocycles. The first-order chi connectivity index (χ1) is 14.2. The fourth-order valence-corrected chi connectivity index (χ4v) is 3.32. The lowest BCUT2D eigenvalue weighted by Gasteiger charge is -2.16. The van der Waals surface area contributed by atoms with Crippen LogP contribution in [-0.4, -0.2) is 33.0 Å². The van der Waals surface area contributed by atoms with Crippen molar-refractivity contribution in [2.75, 3.05) is 11.4 Å². The van der Waals surface area contributed by atoms with Crippen LogP contribution in [0.4, 0.5) is 10.5 Å². The van der Waals surface area contributed by atoms with E-state index in [-0.39, 0.29) is 11.9 Å². The van der Waals surface area contributed by atoms with Crippen LogP contribution in [0.25, 0.3) is 5.82 Å². The Labute approximate surface area is 168 Å². The molecule has 1 aliphatic heterocycles. The Morgan fingerprint density at radius 3 is 2.62 bits per heavy atom. The molecule has 0 saturated carbocycles. The van der Waals surface area contributed by atoms with Gasteiger partial charge in [-0.1, -0.05) is 18.2 Å². The Balaban J connectivity index is 1.29. The van der Waals surface area contributed by atoms with Gasteiger partial charge in [0.1, 0.15) is 12.1 Å². The SMILES string of the molecule is O=C(NCc1ccc(N2CCCC2=O)cc1)NCc1cccnc1-n1ccnc1. The van der Waals surface area contributed by atoms with Gasteiger partial charge in [0, 0.05) is 55.9 Å². The van der Waals surface area contributed by atoms with Crippen molar-refractivity contribution >= 4 is 17.6 Å². The molecular formula is C21H22N6O2. The maximum Gasteiger partial charge on any atom is 0.315 e. The Hall–Kier alpha value is -3.68. The van der Waals surface area contributed by atoms with Gasteiger partial charge in [0.25, 0.3) is 0 Å². The molecule has 1 fully saturated rings. The number of benzene rings is 1. The van der Waals surface area contributed by atoms with Crippen LogP contribution in [0.15, 0.2) is 61.3 Å². The highest BCUT2D eigenvalue weighted by atomic mass is 16.2. The molecule has 1 saturated heterocycles. The van der Waals surface area contributed by atoms with Crippen LogP contribution in [-0.2, 0) is 17.9 Å². The number of rotatable bonds is 6. The molecule has 3 heterocycles. The van der Waals surface area contributed by atoms with Crippen LogP contribution < -0.4 is 15.5 Å². The van der Waals surface area contributed by atoms with Crippen molar-refractivity contribution in [1.82, 2.24) is 25.2 Å². The van der Waals surface area contributed by atoms with E-state index in [1.165, 1.54) is 0 Å². The van der Waals surface area contributed by atoms with Crippen molar-refractivity contribution in [2.45, 2.75) is 25.9 Å². The molecule has 4 rings (SSSR count). The van der Waals surface area contributed by atoms with Gasteiger partial charge in [0.05, 0.1) is 0 Å². The summed E-state index contributed by atoms with van der Waals surface area (Å²) in [6, 6.07) is 11.2. The minimum Gasteiger partial charge on any atom is -0.334 e. The van der Waals surface area contributed by atoms with Gasteiger partial charge >= 0.3 is 6.03 Å². The van der Waals surface area contributed by atoms with Crippen molar-refractivity contribution in [2.24, 2.45) is 0 Å². The molecule has 0 atom stereocenters. The van der Waals surface area contributed by atoms with Gasteiger partial charge in [-0.3, -0.25) is 9.36 Å². The summed E-state index contributed by atoms with van der Waals surface area (Å²) >= 11 is 0. The monoisotopic (exact) mass is 390 g/mol. The minimum absolute atomic E-state index is 0.167. The van der Waals surface area contributed by atoms with Crippen LogP contribution in [0.2, 0.25) is 0 Å². The van der Waals surface area contributed by atoms with E-state index in [4.69, 9.17) is 0 Å². The maximum absolute atomic E-state index is 12.2. The fourth-order valence-electron chi connectivity index (χ4n) is 3.32. The predicted octanol–water partition coefficient (Wildman–Crippen LogP) is 2.39. The zero-order chi connectivity index (χ0) is 20.1. The Morgan fingerprint density at radius 1 is 1.07 bits per heavy atom. The number of urea groups is 1. The van der Waals surface area contributed by atoms with E-state index in [0.29, 0.717) is 19.5 Å². The van der Waals surface area contributed by atoms with Gasteiger partial charge in [-0.2, -0.15) is 0 Å². The zero-order valence-electron chi connectivity index (χ0n) is 15.9. The summed E-state index contributed by atoms with van der Waals surface area (Å²) in [4.78, 5) is 34.2. The smallest absolute Gasteiger partial charge is 0.315 e. The highest BCUT2D eigenvalue weighted by Crippen LogP contribution is 2.21. The molecule has 0 aliphatic carbocycles. The number of nitrogens with zero attached hydrogens (tertiary/aromatic N) is 4. The van der Waals surface area contributed by atoms with Gasteiger partial charge in [0.15, 0.2) is 0 Å². The largest absolute Gasteiger partial charge is 0.334 e. The van der Waals surface area contributed by atoms with Crippen molar-refractivity contribution in [3.05, 3.63) is 72.4 Å². The molecule has 2 aromatic heterocycles.